The van der Waals surface area contributed by atoms with E-state index in [0.717, 1.165) is 36.8 Å². The minimum absolute atomic E-state index is 0.724. The van der Waals surface area contributed by atoms with Crippen LogP contribution in [0.3, 0.4) is 0 Å². The maximum absolute atomic E-state index is 6.09. The van der Waals surface area contributed by atoms with Gasteiger partial charge in [0.05, 0.1) is 11.0 Å². The second-order valence-corrected chi connectivity index (χ2v) is 5.88. The fraction of sp³-hybridized carbons (Fsp3) is 0. The van der Waals surface area contributed by atoms with Crippen molar-refractivity contribution in [2.75, 3.05) is 0 Å². The van der Waals surface area contributed by atoms with E-state index in [1.165, 1.54) is 5.39 Å². The number of pyridine rings is 1. The molecule has 2 heterocycles. The van der Waals surface area contributed by atoms with Crippen molar-refractivity contribution in [3.05, 3.63) is 52.1 Å². The number of fused-ring (bicyclic) bond motifs is 5. The average Bonchev–Trinajstić information content (AvgIpc) is 2.77. The minimum atomic E-state index is 0.724. The Morgan fingerprint density at radius 2 is 1.89 bits per heavy atom. The molecule has 0 saturated carbocycles. The zero-order valence-electron chi connectivity index (χ0n) is 9.74. The molecule has 0 spiro atoms. The summed E-state index contributed by atoms with van der Waals surface area (Å²) < 4.78 is 1.06. The Morgan fingerprint density at radius 1 is 1.00 bits per heavy atom. The number of benzene rings is 2. The van der Waals surface area contributed by atoms with E-state index in [1.807, 2.05) is 30.5 Å². The summed E-state index contributed by atoms with van der Waals surface area (Å²) in [7, 11) is 0. The summed E-state index contributed by atoms with van der Waals surface area (Å²) in [4.78, 5) is 7.96. The molecule has 19 heavy (non-hydrogen) atoms. The highest BCUT2D eigenvalue weighted by Crippen LogP contribution is 2.32. The second kappa shape index (κ2) is 3.95. The third kappa shape index (κ3) is 1.66. The van der Waals surface area contributed by atoms with Crippen molar-refractivity contribution in [2.24, 2.45) is 0 Å². The highest BCUT2D eigenvalue weighted by molar-refractivity contribution is 9.10. The summed E-state index contributed by atoms with van der Waals surface area (Å²) >= 11 is 9.60. The number of halogens is 2. The van der Waals surface area contributed by atoms with Gasteiger partial charge in [-0.15, -0.1) is 0 Å². The molecule has 0 unspecified atom stereocenters. The van der Waals surface area contributed by atoms with Crippen LogP contribution in [0.25, 0.3) is 32.7 Å². The van der Waals surface area contributed by atoms with E-state index in [0.29, 0.717) is 0 Å². The van der Waals surface area contributed by atoms with E-state index in [4.69, 9.17) is 11.6 Å². The standard InChI is InChI=1S/C15H8BrClN2/c16-8-1-3-14-10(5-8)12-7-18-13-4-2-9(17)6-11(13)15(12)19-14/h1-7,19H. The van der Waals surface area contributed by atoms with Crippen LogP contribution < -0.4 is 0 Å². The fourth-order valence-corrected chi connectivity index (χ4v) is 3.02. The Balaban J connectivity index is 2.27. The van der Waals surface area contributed by atoms with Crippen molar-refractivity contribution in [3.63, 3.8) is 0 Å². The Labute approximate surface area is 122 Å². The van der Waals surface area contributed by atoms with Crippen LogP contribution >= 0.6 is 27.5 Å². The van der Waals surface area contributed by atoms with E-state index in [-0.39, 0.29) is 0 Å². The van der Waals surface area contributed by atoms with Crippen molar-refractivity contribution in [1.29, 1.82) is 0 Å². The van der Waals surface area contributed by atoms with Gasteiger partial charge >= 0.3 is 0 Å². The normalized spacial score (nSPS) is 11.7. The summed E-state index contributed by atoms with van der Waals surface area (Å²) in [6.07, 6.45) is 1.91. The van der Waals surface area contributed by atoms with Gasteiger partial charge in [0.15, 0.2) is 0 Å². The topological polar surface area (TPSA) is 28.7 Å². The van der Waals surface area contributed by atoms with Gasteiger partial charge in [0.25, 0.3) is 0 Å². The molecule has 0 saturated heterocycles. The van der Waals surface area contributed by atoms with E-state index >= 15 is 0 Å². The smallest absolute Gasteiger partial charge is 0.0724 e. The minimum Gasteiger partial charge on any atom is -0.354 e. The third-order valence-corrected chi connectivity index (χ3v) is 4.09. The molecule has 0 bridgehead atoms. The highest BCUT2D eigenvalue weighted by Gasteiger charge is 2.09. The van der Waals surface area contributed by atoms with Crippen LogP contribution in [-0.4, -0.2) is 9.97 Å². The van der Waals surface area contributed by atoms with Crippen LogP contribution in [-0.2, 0) is 0 Å². The molecule has 0 aliphatic rings. The predicted molar refractivity (Wildman–Crippen MR) is 83.8 cm³/mol. The molecular weight excluding hydrogens is 324 g/mol. The molecule has 92 valence electrons. The first kappa shape index (κ1) is 11.3. The molecule has 0 radical (unpaired) electrons. The van der Waals surface area contributed by atoms with Gasteiger partial charge in [0.2, 0.25) is 0 Å². The number of hydrogen-bond donors (Lipinski definition) is 1. The van der Waals surface area contributed by atoms with Gasteiger partial charge in [-0.2, -0.15) is 0 Å². The summed E-state index contributed by atoms with van der Waals surface area (Å²) in [6, 6.07) is 12.0. The summed E-state index contributed by atoms with van der Waals surface area (Å²) in [5.74, 6) is 0. The van der Waals surface area contributed by atoms with E-state index in [1.54, 1.807) is 0 Å². The molecule has 0 fully saturated rings. The molecule has 0 aliphatic carbocycles. The molecule has 2 nitrogen and oxygen atoms in total. The first-order valence-corrected chi connectivity index (χ1v) is 7.05. The lowest BCUT2D eigenvalue weighted by molar-refractivity contribution is 1.44. The van der Waals surface area contributed by atoms with Gasteiger partial charge < -0.3 is 4.98 Å². The summed E-state index contributed by atoms with van der Waals surface area (Å²) in [6.45, 7) is 0. The third-order valence-electron chi connectivity index (χ3n) is 3.36. The van der Waals surface area contributed by atoms with Crippen LogP contribution in [0.2, 0.25) is 5.02 Å². The van der Waals surface area contributed by atoms with Crippen molar-refractivity contribution in [2.45, 2.75) is 0 Å². The van der Waals surface area contributed by atoms with Crippen LogP contribution in [0.5, 0.6) is 0 Å². The Kier molecular flexibility index (Phi) is 2.34. The summed E-state index contributed by atoms with van der Waals surface area (Å²) in [5, 5.41) is 4.06. The maximum Gasteiger partial charge on any atom is 0.0724 e. The van der Waals surface area contributed by atoms with Gasteiger partial charge in [0, 0.05) is 37.4 Å². The van der Waals surface area contributed by atoms with Crippen LogP contribution in [0, 0.1) is 0 Å². The molecular formula is C15H8BrClN2. The number of nitrogens with zero attached hydrogens (tertiary/aromatic N) is 1. The van der Waals surface area contributed by atoms with Crippen molar-refractivity contribution < 1.29 is 0 Å². The molecule has 1 N–H and O–H groups in total. The molecule has 0 atom stereocenters. The molecule has 2 aromatic heterocycles. The lowest BCUT2D eigenvalue weighted by atomic mass is 10.1. The number of nitrogens with one attached hydrogen (secondary N) is 1. The first-order chi connectivity index (χ1) is 9.22. The number of H-pyrrole nitrogens is 1. The van der Waals surface area contributed by atoms with Crippen LogP contribution in [0.15, 0.2) is 47.1 Å². The molecule has 4 rings (SSSR count). The number of aromatic amines is 1. The quantitative estimate of drug-likeness (QED) is 0.466. The van der Waals surface area contributed by atoms with E-state index in [2.05, 4.69) is 38.0 Å². The molecule has 0 aliphatic heterocycles. The predicted octanol–water partition coefficient (Wildman–Crippen LogP) is 5.29. The van der Waals surface area contributed by atoms with E-state index in [9.17, 15) is 0 Å². The zero-order valence-corrected chi connectivity index (χ0v) is 12.1. The average molecular weight is 332 g/mol. The number of aromatic nitrogens is 2. The van der Waals surface area contributed by atoms with Gasteiger partial charge in [-0.05, 0) is 36.4 Å². The van der Waals surface area contributed by atoms with Crippen molar-refractivity contribution in [1.82, 2.24) is 9.97 Å². The Hall–Kier alpha value is -1.58. The van der Waals surface area contributed by atoms with Crippen molar-refractivity contribution >= 4 is 60.2 Å². The molecule has 0 amide bonds. The van der Waals surface area contributed by atoms with Gasteiger partial charge in [-0.1, -0.05) is 27.5 Å². The fourth-order valence-electron chi connectivity index (χ4n) is 2.49. The number of hydrogen-bond acceptors (Lipinski definition) is 1. The van der Waals surface area contributed by atoms with Crippen LogP contribution in [0.1, 0.15) is 0 Å². The van der Waals surface area contributed by atoms with Crippen LogP contribution in [0.4, 0.5) is 0 Å². The Bertz CT molecular complexity index is 943. The van der Waals surface area contributed by atoms with Crippen molar-refractivity contribution in [3.8, 4) is 0 Å². The highest BCUT2D eigenvalue weighted by atomic mass is 79.9. The molecule has 2 aromatic carbocycles. The van der Waals surface area contributed by atoms with Gasteiger partial charge in [-0.25, -0.2) is 0 Å². The summed E-state index contributed by atoms with van der Waals surface area (Å²) in [5.41, 5.74) is 3.13. The number of rotatable bonds is 0. The Morgan fingerprint density at radius 3 is 2.79 bits per heavy atom. The monoisotopic (exact) mass is 330 g/mol. The maximum atomic E-state index is 6.09. The SMILES string of the molecule is Clc1ccc2ncc3c4cc(Br)ccc4[nH]c3c2c1. The first-order valence-electron chi connectivity index (χ1n) is 5.87. The largest absolute Gasteiger partial charge is 0.354 e. The zero-order chi connectivity index (χ0) is 13.0. The van der Waals surface area contributed by atoms with E-state index < -0.39 is 0 Å². The molecule has 4 aromatic rings. The van der Waals surface area contributed by atoms with Gasteiger partial charge in [-0.3, -0.25) is 4.98 Å². The molecule has 4 heteroatoms. The lowest BCUT2D eigenvalue weighted by Gasteiger charge is -1.99. The van der Waals surface area contributed by atoms with Gasteiger partial charge in [0.1, 0.15) is 0 Å². The second-order valence-electron chi connectivity index (χ2n) is 4.52. The lowest BCUT2D eigenvalue weighted by Crippen LogP contribution is -1.80.